The topological polar surface area (TPSA) is 75.1 Å². The van der Waals surface area contributed by atoms with Crippen LogP contribution in [-0.2, 0) is 16.0 Å². The number of carbonyl (C=O) groups is 1. The number of rotatable bonds is 4. The highest BCUT2D eigenvalue weighted by Gasteiger charge is 2.52. The lowest BCUT2D eigenvalue weighted by Gasteiger charge is -2.31. The Morgan fingerprint density at radius 2 is 2.28 bits per heavy atom. The van der Waals surface area contributed by atoms with Crippen LogP contribution in [0.5, 0.6) is 0 Å². The number of hydrogen-bond acceptors (Lipinski definition) is 6. The van der Waals surface area contributed by atoms with Crippen LogP contribution in [0.15, 0.2) is 43.0 Å². The Bertz CT molecular complexity index is 877. The summed E-state index contributed by atoms with van der Waals surface area (Å²) in [4.78, 5) is 17.5. The van der Waals surface area contributed by atoms with Crippen LogP contribution >= 0.6 is 23.3 Å². The maximum atomic E-state index is 13.0. The molecular formula is C18H17N3O2S2. The lowest BCUT2D eigenvalue weighted by Crippen LogP contribution is -2.34. The molecule has 1 spiro atoms. The van der Waals surface area contributed by atoms with Gasteiger partial charge in [-0.2, -0.15) is 4.37 Å². The van der Waals surface area contributed by atoms with E-state index >= 15 is 0 Å². The Kier molecular flexibility index (Phi) is 4.23. The van der Waals surface area contributed by atoms with Crippen molar-refractivity contribution in [1.29, 1.82) is 0 Å². The Morgan fingerprint density at radius 3 is 3.12 bits per heavy atom. The summed E-state index contributed by atoms with van der Waals surface area (Å²) in [5.74, 6) is 1.43. The first-order valence-corrected chi connectivity index (χ1v) is 9.80. The number of carbonyl (C=O) groups excluding carboxylic acids is 1. The molecule has 1 aromatic heterocycles. The molecule has 0 aliphatic carbocycles. The lowest BCUT2D eigenvalue weighted by atomic mass is 9.90. The summed E-state index contributed by atoms with van der Waals surface area (Å²) < 4.78 is 3.59. The van der Waals surface area contributed by atoms with E-state index in [4.69, 9.17) is 0 Å². The quantitative estimate of drug-likeness (QED) is 0.808. The van der Waals surface area contributed by atoms with Gasteiger partial charge in [0.15, 0.2) is 0 Å². The fraction of sp³-hybridized carbons (Fsp3) is 0.278. The van der Waals surface area contributed by atoms with Crippen LogP contribution in [0, 0.1) is 0 Å². The summed E-state index contributed by atoms with van der Waals surface area (Å²) in [7, 11) is 0. The number of aliphatic hydroxyl groups excluding tert-OH is 1. The van der Waals surface area contributed by atoms with Crippen LogP contribution in [-0.4, -0.2) is 32.2 Å². The molecule has 3 heterocycles. The molecule has 5 nitrogen and oxygen atoms in total. The first kappa shape index (κ1) is 16.5. The van der Waals surface area contributed by atoms with E-state index in [0.29, 0.717) is 12.2 Å². The Balaban J connectivity index is 1.77. The van der Waals surface area contributed by atoms with Gasteiger partial charge in [0.05, 0.1) is 6.10 Å². The molecule has 128 valence electrons. The minimum Gasteiger partial charge on any atom is -0.389 e. The Labute approximate surface area is 154 Å². The van der Waals surface area contributed by atoms with Gasteiger partial charge in [0.25, 0.3) is 0 Å². The van der Waals surface area contributed by atoms with E-state index in [0.717, 1.165) is 34.0 Å². The third kappa shape index (κ3) is 2.63. The van der Waals surface area contributed by atoms with Gasteiger partial charge in [0, 0.05) is 23.2 Å². The van der Waals surface area contributed by atoms with Crippen molar-refractivity contribution < 1.29 is 9.90 Å². The van der Waals surface area contributed by atoms with Crippen LogP contribution in [0.4, 0.5) is 5.69 Å². The maximum Gasteiger partial charge on any atom is 0.249 e. The SMILES string of the molecule is C=CC(O)Cc1nsc(C2=CCCS[C@]23C(=O)Nc2ccccc23)n1. The Hall–Kier alpha value is -1.96. The van der Waals surface area contributed by atoms with Gasteiger partial charge >= 0.3 is 0 Å². The monoisotopic (exact) mass is 371 g/mol. The molecule has 0 radical (unpaired) electrons. The first-order chi connectivity index (χ1) is 12.1. The molecular weight excluding hydrogens is 354 g/mol. The number of amides is 1. The second kappa shape index (κ2) is 6.40. The molecule has 1 amide bonds. The zero-order valence-electron chi connectivity index (χ0n) is 13.4. The number of nitrogens with one attached hydrogen (secondary N) is 1. The highest BCUT2D eigenvalue weighted by Crippen LogP contribution is 2.56. The highest BCUT2D eigenvalue weighted by atomic mass is 32.2. The van der Waals surface area contributed by atoms with E-state index in [9.17, 15) is 9.90 Å². The summed E-state index contributed by atoms with van der Waals surface area (Å²) in [5.41, 5.74) is 2.75. The molecule has 2 atom stereocenters. The van der Waals surface area contributed by atoms with E-state index in [-0.39, 0.29) is 5.91 Å². The van der Waals surface area contributed by atoms with Crippen LogP contribution in [0.3, 0.4) is 0 Å². The van der Waals surface area contributed by atoms with Crippen LogP contribution in [0.2, 0.25) is 0 Å². The van der Waals surface area contributed by atoms with Crippen molar-refractivity contribution in [2.24, 2.45) is 0 Å². The molecule has 7 heteroatoms. The number of thioether (sulfide) groups is 1. The molecule has 1 unspecified atom stereocenters. The summed E-state index contributed by atoms with van der Waals surface area (Å²) >= 11 is 2.93. The minimum absolute atomic E-state index is 0.0208. The van der Waals surface area contributed by atoms with Crippen molar-refractivity contribution in [2.75, 3.05) is 11.1 Å². The number of fused-ring (bicyclic) bond motifs is 2. The first-order valence-electron chi connectivity index (χ1n) is 8.04. The maximum absolute atomic E-state index is 13.0. The molecule has 2 aliphatic heterocycles. The van der Waals surface area contributed by atoms with E-state index < -0.39 is 10.9 Å². The normalized spacial score (nSPS) is 23.1. The molecule has 2 aromatic rings. The number of allylic oxidation sites excluding steroid dienone is 1. The molecule has 25 heavy (non-hydrogen) atoms. The van der Waals surface area contributed by atoms with Crippen molar-refractivity contribution in [3.63, 3.8) is 0 Å². The summed E-state index contributed by atoms with van der Waals surface area (Å²) in [6.45, 7) is 3.58. The molecule has 1 aromatic carbocycles. The average molecular weight is 371 g/mol. The number of anilines is 1. The molecule has 0 saturated heterocycles. The van der Waals surface area contributed by atoms with Crippen LogP contribution in [0.25, 0.3) is 5.57 Å². The van der Waals surface area contributed by atoms with Gasteiger partial charge in [-0.25, -0.2) is 4.98 Å². The van der Waals surface area contributed by atoms with Gasteiger partial charge in [0.1, 0.15) is 15.6 Å². The van der Waals surface area contributed by atoms with E-state index in [1.165, 1.54) is 17.6 Å². The molecule has 2 aliphatic rings. The third-order valence-corrected chi connectivity index (χ3v) is 6.69. The van der Waals surface area contributed by atoms with Gasteiger partial charge < -0.3 is 10.4 Å². The van der Waals surface area contributed by atoms with Crippen molar-refractivity contribution in [2.45, 2.75) is 23.7 Å². The number of hydrogen-bond donors (Lipinski definition) is 2. The second-order valence-electron chi connectivity index (χ2n) is 5.96. The van der Waals surface area contributed by atoms with Crippen molar-refractivity contribution in [3.05, 3.63) is 59.4 Å². The zero-order chi connectivity index (χ0) is 17.4. The van der Waals surface area contributed by atoms with Gasteiger partial charge in [-0.1, -0.05) is 30.4 Å². The molecule has 0 saturated carbocycles. The predicted octanol–water partition coefficient (Wildman–Crippen LogP) is 3.00. The van der Waals surface area contributed by atoms with Crippen molar-refractivity contribution in [3.8, 4) is 0 Å². The standard InChI is InChI=1S/C18H17N3O2S2/c1-2-11(22)10-15-20-16(25-21-15)13-7-5-9-24-18(13)12-6-3-4-8-14(12)19-17(18)23/h2-4,6-8,11,22H,1,5,9-10H2,(H,19,23)/t11?,18-/m0/s1. The number of aromatic nitrogens is 2. The Morgan fingerprint density at radius 1 is 1.44 bits per heavy atom. The van der Waals surface area contributed by atoms with Gasteiger partial charge in [-0.3, -0.25) is 4.79 Å². The third-order valence-electron chi connectivity index (χ3n) is 4.40. The fourth-order valence-corrected chi connectivity index (χ4v) is 5.48. The summed E-state index contributed by atoms with van der Waals surface area (Å²) in [6.07, 6.45) is 4.13. The smallest absolute Gasteiger partial charge is 0.249 e. The number of aliphatic hydroxyl groups is 1. The number of benzene rings is 1. The number of para-hydroxylation sites is 1. The zero-order valence-corrected chi connectivity index (χ0v) is 15.1. The number of nitrogens with zero attached hydrogens (tertiary/aromatic N) is 2. The van der Waals surface area contributed by atoms with Crippen molar-refractivity contribution >= 4 is 40.5 Å². The second-order valence-corrected chi connectivity index (χ2v) is 8.02. The molecule has 0 bridgehead atoms. The average Bonchev–Trinajstić information content (AvgIpc) is 3.19. The molecule has 4 rings (SSSR count). The van der Waals surface area contributed by atoms with Gasteiger partial charge in [-0.15, -0.1) is 18.3 Å². The van der Waals surface area contributed by atoms with E-state index in [2.05, 4.69) is 27.3 Å². The summed E-state index contributed by atoms with van der Waals surface area (Å²) in [6, 6.07) is 7.82. The largest absolute Gasteiger partial charge is 0.389 e. The van der Waals surface area contributed by atoms with Crippen molar-refractivity contribution in [1.82, 2.24) is 9.36 Å². The van der Waals surface area contributed by atoms with Gasteiger partial charge in [-0.05, 0) is 29.8 Å². The fourth-order valence-electron chi connectivity index (χ4n) is 3.23. The van der Waals surface area contributed by atoms with Crippen LogP contribution in [0.1, 0.15) is 22.8 Å². The van der Waals surface area contributed by atoms with E-state index in [1.54, 1.807) is 11.8 Å². The summed E-state index contributed by atoms with van der Waals surface area (Å²) in [5, 5.41) is 13.5. The van der Waals surface area contributed by atoms with Gasteiger partial charge in [0.2, 0.25) is 5.91 Å². The highest BCUT2D eigenvalue weighted by molar-refractivity contribution is 8.01. The minimum atomic E-state index is -0.761. The van der Waals surface area contributed by atoms with Crippen LogP contribution < -0.4 is 5.32 Å². The van der Waals surface area contributed by atoms with E-state index in [1.807, 2.05) is 24.3 Å². The molecule has 2 N–H and O–H groups in total. The predicted molar refractivity (Wildman–Crippen MR) is 102 cm³/mol. The molecule has 0 fully saturated rings. The lowest BCUT2D eigenvalue weighted by molar-refractivity contribution is -0.116.